The quantitative estimate of drug-likeness (QED) is 0.719. The van der Waals surface area contributed by atoms with Gasteiger partial charge in [-0.1, -0.05) is 31.1 Å². The van der Waals surface area contributed by atoms with Crippen molar-refractivity contribution in [2.24, 2.45) is 0 Å². The lowest BCUT2D eigenvalue weighted by Crippen LogP contribution is -2.14. The van der Waals surface area contributed by atoms with Gasteiger partial charge in [-0.2, -0.15) is 10.1 Å². The van der Waals surface area contributed by atoms with Crippen molar-refractivity contribution in [3.05, 3.63) is 54.2 Å². The number of benzene rings is 1. The molecule has 1 aromatic carbocycles. The second-order valence-electron chi connectivity index (χ2n) is 5.66. The molecule has 0 aliphatic rings. The molecule has 25 heavy (non-hydrogen) atoms. The number of hydrogen-bond donors (Lipinski definition) is 1. The van der Waals surface area contributed by atoms with Crippen LogP contribution in [0.4, 0.5) is 10.1 Å². The molecule has 0 atom stereocenters. The summed E-state index contributed by atoms with van der Waals surface area (Å²) in [5.41, 5.74) is 0.201. The number of rotatable bonds is 6. The molecular formula is C15H16FN5O3S. The number of anilines is 1. The van der Waals surface area contributed by atoms with Crippen LogP contribution in [0.15, 0.2) is 46.1 Å². The normalized spacial score (nSPS) is 11.8. The minimum Gasteiger partial charge on any atom is -0.337 e. The van der Waals surface area contributed by atoms with E-state index in [9.17, 15) is 12.8 Å². The van der Waals surface area contributed by atoms with Crippen molar-refractivity contribution in [1.29, 1.82) is 0 Å². The van der Waals surface area contributed by atoms with Gasteiger partial charge in [0, 0.05) is 12.1 Å². The summed E-state index contributed by atoms with van der Waals surface area (Å²) in [6.45, 7) is 4.08. The lowest BCUT2D eigenvalue weighted by atomic mass is 10.2. The van der Waals surface area contributed by atoms with E-state index in [1.54, 1.807) is 0 Å². The highest BCUT2D eigenvalue weighted by Gasteiger charge is 2.19. The van der Waals surface area contributed by atoms with Crippen molar-refractivity contribution in [2.45, 2.75) is 31.2 Å². The molecule has 0 saturated heterocycles. The highest BCUT2D eigenvalue weighted by molar-refractivity contribution is 7.92. The molecule has 132 valence electrons. The maximum absolute atomic E-state index is 13.7. The molecule has 1 N–H and O–H groups in total. The largest absolute Gasteiger partial charge is 0.337 e. The van der Waals surface area contributed by atoms with Crippen LogP contribution in [0.5, 0.6) is 0 Å². The minimum atomic E-state index is -4.04. The molecule has 8 nitrogen and oxygen atoms in total. The Bertz CT molecular complexity index is 980. The third-order valence-electron chi connectivity index (χ3n) is 3.31. The van der Waals surface area contributed by atoms with Crippen LogP contribution in [-0.2, 0) is 16.6 Å². The first kappa shape index (κ1) is 17.1. The molecule has 0 aliphatic carbocycles. The van der Waals surface area contributed by atoms with Crippen molar-refractivity contribution < 1.29 is 17.3 Å². The third-order valence-corrected chi connectivity index (χ3v) is 4.72. The Hall–Kier alpha value is -2.75. The second-order valence-corrected chi connectivity index (χ2v) is 7.31. The van der Waals surface area contributed by atoms with E-state index in [4.69, 9.17) is 4.52 Å². The predicted octanol–water partition coefficient (Wildman–Crippen LogP) is 2.38. The van der Waals surface area contributed by atoms with Crippen LogP contribution in [-0.4, -0.2) is 28.3 Å². The third kappa shape index (κ3) is 3.85. The van der Waals surface area contributed by atoms with Gasteiger partial charge in [-0.3, -0.25) is 9.40 Å². The monoisotopic (exact) mass is 365 g/mol. The smallest absolute Gasteiger partial charge is 0.264 e. The van der Waals surface area contributed by atoms with E-state index >= 15 is 0 Å². The fourth-order valence-corrected chi connectivity index (χ4v) is 3.19. The SMILES string of the molecule is CC(C)c1noc(Cn2cc(NS(=O)(=O)c3ccccc3F)cn2)n1. The summed E-state index contributed by atoms with van der Waals surface area (Å²) in [6.07, 6.45) is 2.77. The first-order valence-electron chi connectivity index (χ1n) is 7.47. The lowest BCUT2D eigenvalue weighted by molar-refractivity contribution is 0.360. The number of halogens is 1. The average molecular weight is 365 g/mol. The predicted molar refractivity (Wildman–Crippen MR) is 86.9 cm³/mol. The molecule has 0 unspecified atom stereocenters. The summed E-state index contributed by atoms with van der Waals surface area (Å²) >= 11 is 0. The van der Waals surface area contributed by atoms with E-state index in [0.29, 0.717) is 11.7 Å². The zero-order valence-electron chi connectivity index (χ0n) is 13.5. The van der Waals surface area contributed by atoms with Crippen LogP contribution in [0.2, 0.25) is 0 Å². The molecule has 2 heterocycles. The topological polar surface area (TPSA) is 103 Å². The van der Waals surface area contributed by atoms with E-state index in [-0.39, 0.29) is 18.2 Å². The standard InChI is InChI=1S/C15H16FN5O3S/c1-10(2)15-18-14(24-19-15)9-21-8-11(7-17-21)20-25(22,23)13-6-4-3-5-12(13)16/h3-8,10,20H,9H2,1-2H3. The first-order valence-corrected chi connectivity index (χ1v) is 8.96. The molecule has 0 saturated carbocycles. The number of aromatic nitrogens is 4. The number of hydrogen-bond acceptors (Lipinski definition) is 6. The minimum absolute atomic E-state index is 0.137. The molecule has 2 aromatic heterocycles. The summed E-state index contributed by atoms with van der Waals surface area (Å²) in [6, 6.07) is 5.14. The molecule has 0 aliphatic heterocycles. The summed E-state index contributed by atoms with van der Waals surface area (Å²) in [5.74, 6) is 0.255. The highest BCUT2D eigenvalue weighted by Crippen LogP contribution is 2.18. The molecule has 0 radical (unpaired) electrons. The molecule has 0 bridgehead atoms. The van der Waals surface area contributed by atoms with Gasteiger partial charge in [-0.25, -0.2) is 12.8 Å². The van der Waals surface area contributed by atoms with Gasteiger partial charge in [0.1, 0.15) is 17.3 Å². The van der Waals surface area contributed by atoms with Crippen LogP contribution in [0.25, 0.3) is 0 Å². The van der Waals surface area contributed by atoms with E-state index < -0.39 is 20.7 Å². The van der Waals surface area contributed by atoms with Crippen LogP contribution in [0.3, 0.4) is 0 Å². The van der Waals surface area contributed by atoms with Gasteiger partial charge in [0.15, 0.2) is 5.82 Å². The average Bonchev–Trinajstić information content (AvgIpc) is 3.17. The summed E-state index contributed by atoms with van der Waals surface area (Å²) in [4.78, 5) is 3.79. The van der Waals surface area contributed by atoms with Crippen LogP contribution in [0, 0.1) is 5.82 Å². The Labute approximate surface area is 143 Å². The number of nitrogens with one attached hydrogen (secondary N) is 1. The van der Waals surface area contributed by atoms with E-state index in [0.717, 1.165) is 6.07 Å². The van der Waals surface area contributed by atoms with Crippen LogP contribution < -0.4 is 4.72 Å². The van der Waals surface area contributed by atoms with Gasteiger partial charge in [-0.15, -0.1) is 0 Å². The summed E-state index contributed by atoms with van der Waals surface area (Å²) in [7, 11) is -4.04. The van der Waals surface area contributed by atoms with E-state index in [1.165, 1.54) is 35.3 Å². The Morgan fingerprint density at radius 2 is 2.08 bits per heavy atom. The fraction of sp³-hybridized carbons (Fsp3) is 0.267. The zero-order chi connectivity index (χ0) is 18.0. The van der Waals surface area contributed by atoms with Gasteiger partial charge >= 0.3 is 0 Å². The molecular weight excluding hydrogens is 349 g/mol. The van der Waals surface area contributed by atoms with Crippen molar-refractivity contribution in [1.82, 2.24) is 19.9 Å². The fourth-order valence-electron chi connectivity index (χ4n) is 2.08. The van der Waals surface area contributed by atoms with Gasteiger partial charge in [0.25, 0.3) is 10.0 Å². The van der Waals surface area contributed by atoms with Gasteiger partial charge < -0.3 is 4.52 Å². The molecule has 3 rings (SSSR count). The highest BCUT2D eigenvalue weighted by atomic mass is 32.2. The van der Waals surface area contributed by atoms with Crippen molar-refractivity contribution in [3.63, 3.8) is 0 Å². The van der Waals surface area contributed by atoms with Gasteiger partial charge in [0.05, 0.1) is 11.9 Å². The summed E-state index contributed by atoms with van der Waals surface area (Å²) in [5, 5.41) is 7.88. The Morgan fingerprint density at radius 3 is 2.76 bits per heavy atom. The first-order chi connectivity index (χ1) is 11.8. The number of nitrogens with zero attached hydrogens (tertiary/aromatic N) is 4. The van der Waals surface area contributed by atoms with Crippen molar-refractivity contribution in [3.8, 4) is 0 Å². The Balaban J connectivity index is 1.74. The molecule has 0 amide bonds. The van der Waals surface area contributed by atoms with Gasteiger partial charge in [-0.05, 0) is 12.1 Å². The lowest BCUT2D eigenvalue weighted by Gasteiger charge is -2.06. The Kier molecular flexibility index (Phi) is 4.53. The summed E-state index contributed by atoms with van der Waals surface area (Å²) < 4.78 is 47.0. The number of sulfonamides is 1. The molecule has 10 heteroatoms. The maximum atomic E-state index is 13.7. The zero-order valence-corrected chi connectivity index (χ0v) is 14.4. The maximum Gasteiger partial charge on any atom is 0.264 e. The van der Waals surface area contributed by atoms with Crippen LogP contribution >= 0.6 is 0 Å². The molecule has 0 spiro atoms. The van der Waals surface area contributed by atoms with Crippen molar-refractivity contribution in [2.75, 3.05) is 4.72 Å². The van der Waals surface area contributed by atoms with Gasteiger partial charge in [0.2, 0.25) is 5.89 Å². The van der Waals surface area contributed by atoms with E-state index in [1.807, 2.05) is 13.8 Å². The van der Waals surface area contributed by atoms with Crippen molar-refractivity contribution >= 4 is 15.7 Å². The van der Waals surface area contributed by atoms with E-state index in [2.05, 4.69) is 20.0 Å². The second kappa shape index (κ2) is 6.63. The van der Waals surface area contributed by atoms with Crippen LogP contribution in [0.1, 0.15) is 31.5 Å². The Morgan fingerprint density at radius 1 is 1.32 bits per heavy atom. The molecule has 3 aromatic rings. The molecule has 0 fully saturated rings.